The zero-order valence-corrected chi connectivity index (χ0v) is 20.8. The highest BCUT2D eigenvalue weighted by Crippen LogP contribution is 2.16. The second kappa shape index (κ2) is 16.0. The number of benzene rings is 1. The summed E-state index contributed by atoms with van der Waals surface area (Å²) in [4.78, 5) is 32.0. The standard InChI is InChI=1S/C26H36N4O4/c1-7-10-24(27-5)25(31)30-22(9-3)17-29-19(4)28-16-15-20(8-2)18-34-23-13-11-21(12-14-23)26(32)33-6/h7,9-14,17,20,28H,4,8,15-16,18H2,1-3,5-6H3,(H,30,31)/b10-7-,22-9+,27-24?,29-17-. The van der Waals surface area contributed by atoms with Crippen LogP contribution in [0.1, 0.15) is 44.0 Å². The van der Waals surface area contributed by atoms with Crippen LogP contribution in [0.2, 0.25) is 0 Å². The molecule has 0 spiro atoms. The van der Waals surface area contributed by atoms with Crippen molar-refractivity contribution in [3.63, 3.8) is 0 Å². The van der Waals surface area contributed by atoms with Gasteiger partial charge in [0.2, 0.25) is 0 Å². The van der Waals surface area contributed by atoms with Crippen LogP contribution < -0.4 is 15.4 Å². The Balaban J connectivity index is 2.46. The van der Waals surface area contributed by atoms with E-state index in [1.54, 1.807) is 55.8 Å². The number of allylic oxidation sites excluding steroid dienone is 3. The zero-order valence-electron chi connectivity index (χ0n) is 20.8. The molecule has 1 aromatic rings. The highest BCUT2D eigenvalue weighted by Gasteiger charge is 2.10. The topological polar surface area (TPSA) is 101 Å². The van der Waals surface area contributed by atoms with Crippen molar-refractivity contribution in [2.45, 2.75) is 33.6 Å². The Kier molecular flexibility index (Phi) is 13.4. The molecule has 0 saturated carbocycles. The van der Waals surface area contributed by atoms with Gasteiger partial charge in [-0.1, -0.05) is 25.7 Å². The molecule has 0 fully saturated rings. The molecule has 0 aliphatic heterocycles. The number of rotatable bonds is 14. The van der Waals surface area contributed by atoms with Gasteiger partial charge in [0.1, 0.15) is 17.3 Å². The second-order valence-electron chi connectivity index (χ2n) is 7.33. The van der Waals surface area contributed by atoms with E-state index in [0.717, 1.165) is 12.8 Å². The second-order valence-corrected chi connectivity index (χ2v) is 7.33. The molecular formula is C26H36N4O4. The molecule has 0 aromatic heterocycles. The number of carbonyl (C=O) groups excluding carboxylic acids is 2. The van der Waals surface area contributed by atoms with Crippen molar-refractivity contribution in [3.8, 4) is 5.75 Å². The van der Waals surface area contributed by atoms with Crippen LogP contribution in [-0.4, -0.2) is 51.1 Å². The summed E-state index contributed by atoms with van der Waals surface area (Å²) in [5.41, 5.74) is 1.37. The van der Waals surface area contributed by atoms with Gasteiger partial charge < -0.3 is 20.1 Å². The van der Waals surface area contributed by atoms with E-state index in [9.17, 15) is 9.59 Å². The van der Waals surface area contributed by atoms with Crippen LogP contribution >= 0.6 is 0 Å². The highest BCUT2D eigenvalue weighted by molar-refractivity contribution is 6.43. The molecular weight excluding hydrogens is 432 g/mol. The number of hydrogen-bond acceptors (Lipinski definition) is 7. The Morgan fingerprint density at radius 3 is 2.47 bits per heavy atom. The molecule has 34 heavy (non-hydrogen) atoms. The SMILES string of the molecule is C=C(/N=C\C(=C/C)NC(=O)C(/C=C\C)=NC)NCCC(CC)COc1ccc(C(=O)OC)cc1. The largest absolute Gasteiger partial charge is 0.493 e. The molecule has 1 rings (SSSR count). The molecule has 8 heteroatoms. The summed E-state index contributed by atoms with van der Waals surface area (Å²) >= 11 is 0. The van der Waals surface area contributed by atoms with Gasteiger partial charge in [-0.05, 0) is 62.9 Å². The molecule has 1 unspecified atom stereocenters. The first-order valence-corrected chi connectivity index (χ1v) is 11.2. The van der Waals surface area contributed by atoms with Crippen LogP contribution in [0.25, 0.3) is 0 Å². The van der Waals surface area contributed by atoms with E-state index in [4.69, 9.17) is 9.47 Å². The van der Waals surface area contributed by atoms with Gasteiger partial charge in [-0.25, -0.2) is 9.79 Å². The van der Waals surface area contributed by atoms with Gasteiger partial charge >= 0.3 is 5.97 Å². The van der Waals surface area contributed by atoms with E-state index in [1.807, 2.05) is 13.8 Å². The number of nitrogens with zero attached hydrogens (tertiary/aromatic N) is 2. The van der Waals surface area contributed by atoms with E-state index < -0.39 is 0 Å². The van der Waals surface area contributed by atoms with Gasteiger partial charge in [-0.3, -0.25) is 9.79 Å². The Morgan fingerprint density at radius 1 is 1.21 bits per heavy atom. The number of ether oxygens (including phenoxy) is 2. The van der Waals surface area contributed by atoms with Gasteiger partial charge in [-0.2, -0.15) is 0 Å². The lowest BCUT2D eigenvalue weighted by molar-refractivity contribution is -0.114. The third kappa shape index (κ3) is 10.3. The van der Waals surface area contributed by atoms with Crippen molar-refractivity contribution in [2.24, 2.45) is 15.9 Å². The van der Waals surface area contributed by atoms with E-state index in [-0.39, 0.29) is 11.9 Å². The van der Waals surface area contributed by atoms with Gasteiger partial charge in [-0.15, -0.1) is 0 Å². The van der Waals surface area contributed by atoms with Crippen LogP contribution in [-0.2, 0) is 9.53 Å². The molecule has 0 heterocycles. The summed E-state index contributed by atoms with van der Waals surface area (Å²) in [5, 5.41) is 5.95. The molecule has 2 N–H and O–H groups in total. The smallest absolute Gasteiger partial charge is 0.337 e. The van der Waals surface area contributed by atoms with Gasteiger partial charge in [0.15, 0.2) is 0 Å². The minimum atomic E-state index is -0.371. The van der Waals surface area contributed by atoms with E-state index in [0.29, 0.717) is 47.6 Å². The number of esters is 1. The van der Waals surface area contributed by atoms with Crippen molar-refractivity contribution >= 4 is 23.8 Å². The predicted octanol–water partition coefficient (Wildman–Crippen LogP) is 4.07. The van der Waals surface area contributed by atoms with E-state index in [1.165, 1.54) is 7.11 Å². The van der Waals surface area contributed by atoms with E-state index >= 15 is 0 Å². The third-order valence-electron chi connectivity index (χ3n) is 4.95. The fourth-order valence-electron chi connectivity index (χ4n) is 2.82. The maximum absolute atomic E-state index is 12.2. The van der Waals surface area contributed by atoms with Gasteiger partial charge in [0.05, 0.1) is 31.2 Å². The van der Waals surface area contributed by atoms with Crippen LogP contribution in [0.15, 0.2) is 70.6 Å². The Hall–Kier alpha value is -3.68. The Morgan fingerprint density at radius 2 is 1.91 bits per heavy atom. The number of methoxy groups -OCH3 is 1. The maximum atomic E-state index is 12.2. The normalized spacial score (nSPS) is 13.1. The average Bonchev–Trinajstić information content (AvgIpc) is 2.86. The molecule has 0 saturated heterocycles. The first kappa shape index (κ1) is 28.4. The first-order valence-electron chi connectivity index (χ1n) is 11.2. The number of nitrogens with one attached hydrogen (secondary N) is 2. The summed E-state index contributed by atoms with van der Waals surface area (Å²) in [5.74, 6) is 0.877. The number of hydrogen-bond donors (Lipinski definition) is 2. The van der Waals surface area contributed by atoms with Gasteiger partial charge in [0.25, 0.3) is 5.91 Å². The van der Waals surface area contributed by atoms with Gasteiger partial charge in [0, 0.05) is 13.6 Å². The fourth-order valence-corrected chi connectivity index (χ4v) is 2.82. The predicted molar refractivity (Wildman–Crippen MR) is 137 cm³/mol. The molecule has 1 aromatic carbocycles. The van der Waals surface area contributed by atoms with Crippen molar-refractivity contribution in [3.05, 3.63) is 66.2 Å². The average molecular weight is 469 g/mol. The molecule has 0 aliphatic rings. The number of carbonyl (C=O) groups is 2. The van der Waals surface area contributed by atoms with Crippen molar-refractivity contribution in [1.29, 1.82) is 0 Å². The minimum Gasteiger partial charge on any atom is -0.493 e. The molecule has 1 amide bonds. The fraction of sp³-hybridized carbons (Fsp3) is 0.385. The van der Waals surface area contributed by atoms with Crippen molar-refractivity contribution in [2.75, 3.05) is 27.3 Å². The van der Waals surface area contributed by atoms with Crippen LogP contribution in [0.5, 0.6) is 5.75 Å². The molecule has 0 radical (unpaired) electrons. The molecule has 184 valence electrons. The third-order valence-corrected chi connectivity index (χ3v) is 4.95. The molecule has 0 aliphatic carbocycles. The quantitative estimate of drug-likeness (QED) is 0.317. The summed E-state index contributed by atoms with van der Waals surface area (Å²) in [6.45, 7) is 10.9. The highest BCUT2D eigenvalue weighted by atomic mass is 16.5. The monoisotopic (exact) mass is 468 g/mol. The number of aliphatic imine (C=N–C) groups is 2. The minimum absolute atomic E-state index is 0.301. The lowest BCUT2D eigenvalue weighted by Crippen LogP contribution is -2.30. The van der Waals surface area contributed by atoms with Crippen LogP contribution in [0, 0.1) is 5.92 Å². The van der Waals surface area contributed by atoms with Crippen molar-refractivity contribution < 1.29 is 19.1 Å². The summed E-state index contributed by atoms with van der Waals surface area (Å²) in [6.07, 6.45) is 8.53. The summed E-state index contributed by atoms with van der Waals surface area (Å²) in [7, 11) is 2.92. The Labute approximate surface area is 202 Å². The molecule has 1 atom stereocenters. The number of amides is 1. The summed E-state index contributed by atoms with van der Waals surface area (Å²) < 4.78 is 10.6. The molecule has 0 bridgehead atoms. The lowest BCUT2D eigenvalue weighted by Gasteiger charge is -2.16. The van der Waals surface area contributed by atoms with Crippen LogP contribution in [0.4, 0.5) is 0 Å². The lowest BCUT2D eigenvalue weighted by atomic mass is 10.0. The van der Waals surface area contributed by atoms with Crippen LogP contribution in [0.3, 0.4) is 0 Å². The molecule has 8 nitrogen and oxygen atoms in total. The maximum Gasteiger partial charge on any atom is 0.337 e. The Bertz CT molecular complexity index is 931. The van der Waals surface area contributed by atoms with E-state index in [2.05, 4.69) is 34.1 Å². The first-order chi connectivity index (χ1) is 16.4. The zero-order chi connectivity index (χ0) is 25.3. The van der Waals surface area contributed by atoms with Crippen molar-refractivity contribution in [1.82, 2.24) is 10.6 Å². The summed E-state index contributed by atoms with van der Waals surface area (Å²) in [6, 6.07) is 6.89.